The number of carbonyl (C=O) groups excluding carboxylic acids is 2. The van der Waals surface area contributed by atoms with Gasteiger partial charge in [0.2, 0.25) is 5.13 Å². The minimum Gasteiger partial charge on any atom is -0.505 e. The Bertz CT molecular complexity index is 1860. The first-order valence-electron chi connectivity index (χ1n) is 13.3. The lowest BCUT2D eigenvalue weighted by atomic mass is 9.95. The second-order valence-electron chi connectivity index (χ2n) is 9.96. The van der Waals surface area contributed by atoms with Crippen molar-refractivity contribution in [2.75, 3.05) is 4.90 Å². The summed E-state index contributed by atoms with van der Waals surface area (Å²) in [7, 11) is 0. The van der Waals surface area contributed by atoms with Gasteiger partial charge in [-0.3, -0.25) is 14.5 Å². The van der Waals surface area contributed by atoms with Gasteiger partial charge >= 0.3 is 5.91 Å². The molecule has 0 radical (unpaired) electrons. The van der Waals surface area contributed by atoms with Gasteiger partial charge in [0.15, 0.2) is 10.1 Å². The highest BCUT2D eigenvalue weighted by atomic mass is 32.2. The maximum atomic E-state index is 13.6. The Labute approximate surface area is 249 Å². The van der Waals surface area contributed by atoms with Gasteiger partial charge < -0.3 is 9.51 Å². The Morgan fingerprint density at radius 1 is 1.02 bits per heavy atom. The van der Waals surface area contributed by atoms with E-state index in [0.717, 1.165) is 23.1 Å². The van der Waals surface area contributed by atoms with Gasteiger partial charge in [-0.2, -0.15) is 0 Å². The fourth-order valence-corrected chi connectivity index (χ4v) is 6.86. The van der Waals surface area contributed by atoms with E-state index >= 15 is 0 Å². The van der Waals surface area contributed by atoms with Gasteiger partial charge in [0, 0.05) is 11.9 Å². The third kappa shape index (κ3) is 4.88. The molecule has 1 aliphatic rings. The average Bonchev–Trinajstić information content (AvgIpc) is 3.68. The fraction of sp³-hybridized carbons (Fsp3) is 0.194. The Morgan fingerprint density at radius 3 is 2.43 bits per heavy atom. The summed E-state index contributed by atoms with van der Waals surface area (Å²) >= 11 is 2.58. The molecular formula is C31H26FN5O3S2. The number of aromatic nitrogens is 4. The highest BCUT2D eigenvalue weighted by Gasteiger charge is 2.48. The number of anilines is 1. The summed E-state index contributed by atoms with van der Waals surface area (Å²) < 4.78 is 15.7. The van der Waals surface area contributed by atoms with Crippen molar-refractivity contribution < 1.29 is 19.1 Å². The zero-order valence-electron chi connectivity index (χ0n) is 23.0. The Balaban J connectivity index is 1.43. The van der Waals surface area contributed by atoms with Crippen LogP contribution in [0.1, 0.15) is 46.6 Å². The highest BCUT2D eigenvalue weighted by molar-refractivity contribution is 8.00. The van der Waals surface area contributed by atoms with Crippen LogP contribution in [0.15, 0.2) is 76.8 Å². The summed E-state index contributed by atoms with van der Waals surface area (Å²) in [6.45, 7) is 5.77. The summed E-state index contributed by atoms with van der Waals surface area (Å²) in [5.74, 6) is -1.73. The minimum absolute atomic E-state index is 0.0517. The largest absolute Gasteiger partial charge is 0.505 e. The standard InChI is InChI=1S/C31H26FN5O3S2/c1-4-19-7-11-21(12-8-19)25-23(26(38)24-18(3)36-15-5-6-17(2)28(36)33-24)27(39)29(40)37(25)30-34-35-31(42-30)41-16-20-9-13-22(32)14-10-20/h5-15,25,38H,4,16H2,1-3H3/b26-23+. The molecule has 212 valence electrons. The topological polar surface area (TPSA) is 101 Å². The Hall–Kier alpha value is -4.35. The van der Waals surface area contributed by atoms with Gasteiger partial charge in [-0.1, -0.05) is 72.5 Å². The van der Waals surface area contributed by atoms with Crippen LogP contribution >= 0.6 is 23.1 Å². The predicted molar refractivity (Wildman–Crippen MR) is 161 cm³/mol. The van der Waals surface area contributed by atoms with Gasteiger partial charge in [0.1, 0.15) is 17.2 Å². The van der Waals surface area contributed by atoms with E-state index in [0.29, 0.717) is 27.0 Å². The van der Waals surface area contributed by atoms with E-state index in [9.17, 15) is 19.1 Å². The minimum atomic E-state index is -0.927. The number of carbonyl (C=O) groups is 2. The zero-order valence-corrected chi connectivity index (χ0v) is 24.7. The third-order valence-corrected chi connectivity index (χ3v) is 9.46. The van der Waals surface area contributed by atoms with Gasteiger partial charge in [-0.25, -0.2) is 9.37 Å². The van der Waals surface area contributed by atoms with Crippen LogP contribution in [0, 0.1) is 19.7 Å². The van der Waals surface area contributed by atoms with E-state index in [1.165, 1.54) is 40.1 Å². The number of fused-ring (bicyclic) bond motifs is 1. The summed E-state index contributed by atoms with van der Waals surface area (Å²) in [6.07, 6.45) is 2.67. The number of ketones is 1. The molecule has 4 heterocycles. The molecule has 1 unspecified atom stereocenters. The molecule has 1 atom stereocenters. The smallest absolute Gasteiger partial charge is 0.301 e. The molecule has 8 nitrogen and oxygen atoms in total. The van der Waals surface area contributed by atoms with Crippen LogP contribution in [-0.2, 0) is 21.8 Å². The number of aliphatic hydroxyl groups is 1. The van der Waals surface area contributed by atoms with Crippen LogP contribution in [0.2, 0.25) is 0 Å². The quantitative estimate of drug-likeness (QED) is 0.0757. The van der Waals surface area contributed by atoms with Crippen molar-refractivity contribution in [3.05, 3.63) is 112 Å². The first kappa shape index (κ1) is 27.8. The lowest BCUT2D eigenvalue weighted by Gasteiger charge is -2.22. The number of hydrogen-bond donors (Lipinski definition) is 1. The summed E-state index contributed by atoms with van der Waals surface area (Å²) in [5.41, 5.74) is 5.06. The van der Waals surface area contributed by atoms with E-state index in [2.05, 4.69) is 15.2 Å². The number of halogens is 1. The van der Waals surface area contributed by atoms with Gasteiger partial charge in [-0.15, -0.1) is 10.2 Å². The molecule has 1 amide bonds. The van der Waals surface area contributed by atoms with Crippen molar-refractivity contribution in [3.8, 4) is 0 Å². The first-order valence-corrected chi connectivity index (χ1v) is 15.1. The monoisotopic (exact) mass is 599 g/mol. The number of amides is 1. The molecule has 0 aliphatic carbocycles. The third-order valence-electron chi connectivity index (χ3n) is 7.33. The van der Waals surface area contributed by atoms with Crippen molar-refractivity contribution in [2.24, 2.45) is 0 Å². The number of aryl methyl sites for hydroxylation is 3. The van der Waals surface area contributed by atoms with Crippen LogP contribution in [0.25, 0.3) is 11.4 Å². The number of thioether (sulfide) groups is 1. The van der Waals surface area contributed by atoms with Gasteiger partial charge in [0.25, 0.3) is 5.78 Å². The number of benzene rings is 2. The molecule has 3 aromatic heterocycles. The van der Waals surface area contributed by atoms with Gasteiger partial charge in [0.05, 0.1) is 17.3 Å². The van der Waals surface area contributed by atoms with Crippen LogP contribution in [0.4, 0.5) is 9.52 Å². The molecule has 1 saturated heterocycles. The van der Waals surface area contributed by atoms with Crippen molar-refractivity contribution in [2.45, 2.75) is 43.3 Å². The summed E-state index contributed by atoms with van der Waals surface area (Å²) in [5, 5.41) is 20.4. The number of aliphatic hydroxyl groups excluding tert-OH is 1. The summed E-state index contributed by atoms with van der Waals surface area (Å²) in [4.78, 5) is 33.2. The highest BCUT2D eigenvalue weighted by Crippen LogP contribution is 2.44. The molecule has 0 saturated carbocycles. The van der Waals surface area contributed by atoms with E-state index in [4.69, 9.17) is 0 Å². The van der Waals surface area contributed by atoms with Crippen LogP contribution in [-0.4, -0.2) is 36.4 Å². The number of pyridine rings is 1. The Morgan fingerprint density at radius 2 is 1.74 bits per heavy atom. The normalized spacial score (nSPS) is 16.6. The fourth-order valence-electron chi connectivity index (χ4n) is 5.04. The molecule has 2 aromatic carbocycles. The molecule has 11 heteroatoms. The van der Waals surface area contributed by atoms with Gasteiger partial charge in [-0.05, 0) is 60.7 Å². The molecule has 1 aliphatic heterocycles. The molecular weight excluding hydrogens is 574 g/mol. The number of Topliss-reactive ketones (excluding diaryl/α,β-unsaturated/α-hetero) is 1. The molecule has 6 rings (SSSR count). The predicted octanol–water partition coefficient (Wildman–Crippen LogP) is 6.42. The summed E-state index contributed by atoms with van der Waals surface area (Å²) in [6, 6.07) is 16.7. The van der Waals surface area contributed by atoms with Crippen LogP contribution < -0.4 is 4.90 Å². The Kier molecular flexibility index (Phi) is 7.38. The second-order valence-corrected chi connectivity index (χ2v) is 12.1. The van der Waals surface area contributed by atoms with Crippen LogP contribution in [0.5, 0.6) is 0 Å². The number of nitrogens with zero attached hydrogens (tertiary/aromatic N) is 5. The van der Waals surface area contributed by atoms with E-state index in [1.807, 2.05) is 67.8 Å². The maximum Gasteiger partial charge on any atom is 0.301 e. The van der Waals surface area contributed by atoms with Crippen molar-refractivity contribution in [1.29, 1.82) is 0 Å². The number of rotatable bonds is 7. The van der Waals surface area contributed by atoms with Crippen LogP contribution in [0.3, 0.4) is 0 Å². The van der Waals surface area contributed by atoms with Crippen molar-refractivity contribution in [1.82, 2.24) is 19.6 Å². The van der Waals surface area contributed by atoms with E-state index in [-0.39, 0.29) is 28.0 Å². The number of hydrogen-bond acceptors (Lipinski definition) is 8. The van der Waals surface area contributed by atoms with Crippen molar-refractivity contribution in [3.63, 3.8) is 0 Å². The van der Waals surface area contributed by atoms with Crippen molar-refractivity contribution >= 4 is 51.3 Å². The SMILES string of the molecule is CCc1ccc(C2/C(=C(\O)c3nc4c(C)cccn4c3C)C(=O)C(=O)N2c2nnc(SCc3ccc(F)cc3)s2)cc1. The van der Waals surface area contributed by atoms with E-state index < -0.39 is 17.7 Å². The lowest BCUT2D eigenvalue weighted by Crippen LogP contribution is -2.29. The number of imidazole rings is 1. The van der Waals surface area contributed by atoms with E-state index in [1.54, 1.807) is 12.1 Å². The molecule has 5 aromatic rings. The zero-order chi connectivity index (χ0) is 29.5. The molecule has 0 bridgehead atoms. The molecule has 1 N–H and O–H groups in total. The molecule has 1 fully saturated rings. The second kappa shape index (κ2) is 11.1. The molecule has 0 spiro atoms. The maximum absolute atomic E-state index is 13.6. The molecule has 42 heavy (non-hydrogen) atoms. The first-order chi connectivity index (χ1) is 20.3. The lowest BCUT2D eigenvalue weighted by molar-refractivity contribution is -0.132. The average molecular weight is 600 g/mol.